The highest BCUT2D eigenvalue weighted by atomic mass is 32.1. The van der Waals surface area contributed by atoms with Crippen molar-refractivity contribution in [1.29, 1.82) is 0 Å². The van der Waals surface area contributed by atoms with Crippen molar-refractivity contribution in [2.45, 2.75) is 59.2 Å². The van der Waals surface area contributed by atoms with Crippen molar-refractivity contribution in [2.24, 2.45) is 4.99 Å². The first-order valence-corrected chi connectivity index (χ1v) is 11.3. The first-order valence-electron chi connectivity index (χ1n) is 10.4. The number of hydrogen-bond acceptors (Lipinski definition) is 4. The molecule has 0 spiro atoms. The van der Waals surface area contributed by atoms with E-state index in [9.17, 15) is 4.79 Å². The molecule has 156 valence electrons. The zero-order valence-electron chi connectivity index (χ0n) is 17.6. The quantitative estimate of drug-likeness (QED) is 0.394. The van der Waals surface area contributed by atoms with Crippen LogP contribution in [-0.2, 0) is 24.4 Å². The number of carbonyl (C=O) groups excluding carboxylic acids is 1. The van der Waals surface area contributed by atoms with E-state index in [0.29, 0.717) is 25.4 Å². The largest absolute Gasteiger partial charge is 0.357 e. The summed E-state index contributed by atoms with van der Waals surface area (Å²) in [7, 11) is 0. The molecule has 29 heavy (non-hydrogen) atoms. The third kappa shape index (κ3) is 6.03. The Morgan fingerprint density at radius 2 is 1.97 bits per heavy atom. The first-order chi connectivity index (χ1) is 14.1. The number of thiazole rings is 1. The monoisotopic (exact) mass is 413 g/mol. The lowest BCUT2D eigenvalue weighted by Gasteiger charge is -2.16. The average Bonchev–Trinajstić information content (AvgIpc) is 3.36. The number of hydrogen-bond donors (Lipinski definition) is 2. The molecule has 1 aromatic carbocycles. The molecule has 0 unspecified atom stereocenters. The van der Waals surface area contributed by atoms with Gasteiger partial charge in [0, 0.05) is 38.0 Å². The Kier molecular flexibility index (Phi) is 7.63. The number of benzene rings is 1. The summed E-state index contributed by atoms with van der Waals surface area (Å²) in [6, 6.07) is 8.28. The molecule has 0 saturated heterocycles. The Hall–Kier alpha value is -2.41. The highest BCUT2D eigenvalue weighted by molar-refractivity contribution is 7.09. The predicted octanol–water partition coefficient (Wildman–Crippen LogP) is 3.64. The van der Waals surface area contributed by atoms with E-state index in [1.54, 1.807) is 11.3 Å². The van der Waals surface area contributed by atoms with Crippen LogP contribution in [0.3, 0.4) is 0 Å². The second-order valence-corrected chi connectivity index (χ2v) is 8.51. The second-order valence-electron chi connectivity index (χ2n) is 7.56. The van der Waals surface area contributed by atoms with E-state index in [1.165, 1.54) is 11.1 Å². The third-order valence-electron chi connectivity index (χ3n) is 4.93. The van der Waals surface area contributed by atoms with Gasteiger partial charge in [-0.3, -0.25) is 4.79 Å². The van der Waals surface area contributed by atoms with Crippen LogP contribution in [0.5, 0.6) is 0 Å². The molecule has 6 nitrogen and oxygen atoms in total. The summed E-state index contributed by atoms with van der Waals surface area (Å²) in [6.07, 6.45) is 1.33. The molecular weight excluding hydrogens is 382 g/mol. The van der Waals surface area contributed by atoms with Gasteiger partial charge in [-0.05, 0) is 30.4 Å². The van der Waals surface area contributed by atoms with Crippen LogP contribution in [0.4, 0.5) is 0 Å². The van der Waals surface area contributed by atoms with Crippen LogP contribution in [0.2, 0.25) is 0 Å². The number of nitrogens with zero attached hydrogens (tertiary/aromatic N) is 3. The lowest BCUT2D eigenvalue weighted by Crippen LogP contribution is -2.38. The summed E-state index contributed by atoms with van der Waals surface area (Å²) < 4.78 is 0. The van der Waals surface area contributed by atoms with Gasteiger partial charge in [-0.25, -0.2) is 9.98 Å². The Morgan fingerprint density at radius 1 is 1.24 bits per heavy atom. The number of guanidine groups is 1. The number of fused-ring (bicyclic) bond motifs is 1. The highest BCUT2D eigenvalue weighted by Crippen LogP contribution is 2.23. The number of carbonyl (C=O) groups is 1. The highest BCUT2D eigenvalue weighted by Gasteiger charge is 2.22. The minimum atomic E-state index is 0.217. The maximum atomic E-state index is 12.5. The molecule has 1 aliphatic heterocycles. The van der Waals surface area contributed by atoms with Gasteiger partial charge >= 0.3 is 0 Å². The maximum Gasteiger partial charge on any atom is 0.223 e. The van der Waals surface area contributed by atoms with Crippen LogP contribution in [0.1, 0.15) is 61.4 Å². The number of nitrogens with one attached hydrogen (secondary N) is 2. The van der Waals surface area contributed by atoms with Crippen LogP contribution in [-0.4, -0.2) is 34.8 Å². The Bertz CT molecular complexity index is 820. The zero-order valence-corrected chi connectivity index (χ0v) is 18.4. The number of aromatic nitrogens is 1. The minimum absolute atomic E-state index is 0.217. The van der Waals surface area contributed by atoms with Crippen molar-refractivity contribution >= 4 is 23.2 Å². The van der Waals surface area contributed by atoms with E-state index in [1.807, 2.05) is 24.0 Å². The molecule has 0 fully saturated rings. The first kappa shape index (κ1) is 21.3. The van der Waals surface area contributed by atoms with Crippen LogP contribution < -0.4 is 10.6 Å². The third-order valence-corrected chi connectivity index (χ3v) is 5.78. The summed E-state index contributed by atoms with van der Waals surface area (Å²) in [5.74, 6) is 1.43. The lowest BCUT2D eigenvalue weighted by atomic mass is 10.1. The van der Waals surface area contributed by atoms with E-state index in [0.717, 1.165) is 42.7 Å². The Balaban J connectivity index is 1.41. The fraction of sp³-hybridized carbons (Fsp3) is 0.500. The number of rotatable bonds is 8. The van der Waals surface area contributed by atoms with Crippen molar-refractivity contribution in [2.75, 3.05) is 13.1 Å². The molecule has 2 aromatic rings. The fourth-order valence-corrected chi connectivity index (χ4v) is 4.14. The molecule has 0 saturated carbocycles. The SMILES string of the molecule is CCNC(=NCc1nc(C(C)C)cs1)NCCCC(=O)N1Cc2ccccc2C1. The van der Waals surface area contributed by atoms with Gasteiger partial charge in [0.25, 0.3) is 0 Å². The topological polar surface area (TPSA) is 69.6 Å². The minimum Gasteiger partial charge on any atom is -0.357 e. The normalized spacial score (nSPS) is 13.7. The van der Waals surface area contributed by atoms with Gasteiger partial charge in [-0.2, -0.15) is 0 Å². The maximum absolute atomic E-state index is 12.5. The molecule has 0 radical (unpaired) electrons. The van der Waals surface area contributed by atoms with Crippen molar-refractivity contribution in [1.82, 2.24) is 20.5 Å². The molecule has 1 amide bonds. The summed E-state index contributed by atoms with van der Waals surface area (Å²) in [5, 5.41) is 9.72. The predicted molar refractivity (Wildman–Crippen MR) is 119 cm³/mol. The molecule has 1 aromatic heterocycles. The second kappa shape index (κ2) is 10.4. The van der Waals surface area contributed by atoms with Gasteiger partial charge in [0.15, 0.2) is 5.96 Å². The molecule has 0 bridgehead atoms. The molecule has 1 aliphatic rings. The zero-order chi connectivity index (χ0) is 20.6. The number of aliphatic imine (C=N–C) groups is 1. The van der Waals surface area contributed by atoms with Gasteiger partial charge in [0.2, 0.25) is 5.91 Å². The molecule has 0 aliphatic carbocycles. The molecular formula is C22H31N5OS. The standard InChI is InChI=1S/C22H31N5OS/c1-4-23-22(25-12-20-26-19(15-29-20)16(2)3)24-11-7-10-21(28)27-13-17-8-5-6-9-18(17)14-27/h5-6,8-9,15-16H,4,7,10-14H2,1-3H3,(H2,23,24,25). The molecule has 3 rings (SSSR count). The summed E-state index contributed by atoms with van der Waals surface area (Å²) in [6.45, 7) is 9.90. The molecule has 7 heteroatoms. The van der Waals surface area contributed by atoms with E-state index in [-0.39, 0.29) is 5.91 Å². The molecule has 2 N–H and O–H groups in total. The Morgan fingerprint density at radius 3 is 2.59 bits per heavy atom. The lowest BCUT2D eigenvalue weighted by molar-refractivity contribution is -0.131. The van der Waals surface area contributed by atoms with Gasteiger partial charge in [-0.1, -0.05) is 38.1 Å². The average molecular weight is 414 g/mol. The van der Waals surface area contributed by atoms with Gasteiger partial charge in [0.05, 0.1) is 12.2 Å². The van der Waals surface area contributed by atoms with E-state index in [2.05, 4.69) is 52.0 Å². The van der Waals surface area contributed by atoms with Crippen molar-refractivity contribution in [3.63, 3.8) is 0 Å². The summed E-state index contributed by atoms with van der Waals surface area (Å²) in [4.78, 5) is 23.7. The van der Waals surface area contributed by atoms with Crippen molar-refractivity contribution < 1.29 is 4.79 Å². The van der Waals surface area contributed by atoms with E-state index in [4.69, 9.17) is 0 Å². The summed E-state index contributed by atoms with van der Waals surface area (Å²) >= 11 is 1.66. The molecule has 0 atom stereocenters. The van der Waals surface area contributed by atoms with E-state index < -0.39 is 0 Å². The summed E-state index contributed by atoms with van der Waals surface area (Å²) in [5.41, 5.74) is 3.66. The Labute approximate surface area is 177 Å². The smallest absolute Gasteiger partial charge is 0.223 e. The van der Waals surface area contributed by atoms with Gasteiger partial charge < -0.3 is 15.5 Å². The van der Waals surface area contributed by atoms with Crippen LogP contribution in [0.25, 0.3) is 0 Å². The van der Waals surface area contributed by atoms with Crippen molar-refractivity contribution in [3.05, 3.63) is 51.5 Å². The van der Waals surface area contributed by atoms with Crippen LogP contribution in [0.15, 0.2) is 34.6 Å². The molecule has 2 heterocycles. The van der Waals surface area contributed by atoms with E-state index >= 15 is 0 Å². The van der Waals surface area contributed by atoms with Gasteiger partial charge in [0.1, 0.15) is 5.01 Å². The van der Waals surface area contributed by atoms with Crippen LogP contribution >= 0.6 is 11.3 Å². The van der Waals surface area contributed by atoms with Crippen LogP contribution in [0, 0.1) is 0 Å². The fourth-order valence-electron chi connectivity index (χ4n) is 3.27. The van der Waals surface area contributed by atoms with Gasteiger partial charge in [-0.15, -0.1) is 11.3 Å². The number of amides is 1. The van der Waals surface area contributed by atoms with Crippen molar-refractivity contribution in [3.8, 4) is 0 Å².